The molecular formula is C29H40N10O. The van der Waals surface area contributed by atoms with Gasteiger partial charge in [-0.2, -0.15) is 10.4 Å². The minimum Gasteiger partial charge on any atom is -0.491 e. The summed E-state index contributed by atoms with van der Waals surface area (Å²) in [7, 11) is 2.17. The molecule has 0 spiro atoms. The maximum atomic E-state index is 9.74. The van der Waals surface area contributed by atoms with E-state index in [1.54, 1.807) is 10.7 Å². The number of ether oxygens (including phenoxy) is 1. The summed E-state index contributed by atoms with van der Waals surface area (Å²) in [6.07, 6.45) is 5.40. The molecule has 40 heavy (non-hydrogen) atoms. The standard InChI is InChI=1S/C29H40N10O/c1-23-21-38(6-5-31-23)37-13-11-36(12-14-37)28-4-3-24(19-32-28)27-17-26(22-39-29(27)25(18-30)20-33-39)40-16-15-35-9-7-34(2)8-10-35/h3-4,17,19-20,22-23,31H,5-16,21H2,1-2H3. The van der Waals surface area contributed by atoms with Gasteiger partial charge >= 0.3 is 0 Å². The van der Waals surface area contributed by atoms with Crippen LogP contribution in [0.15, 0.2) is 36.8 Å². The van der Waals surface area contributed by atoms with Gasteiger partial charge in [-0.3, -0.25) is 4.90 Å². The Morgan fingerprint density at radius 3 is 2.58 bits per heavy atom. The lowest BCUT2D eigenvalue weighted by atomic mass is 10.1. The second kappa shape index (κ2) is 12.1. The highest BCUT2D eigenvalue weighted by molar-refractivity contribution is 5.85. The zero-order chi connectivity index (χ0) is 27.5. The van der Waals surface area contributed by atoms with E-state index in [4.69, 9.17) is 9.72 Å². The first-order valence-electron chi connectivity index (χ1n) is 14.5. The van der Waals surface area contributed by atoms with Gasteiger partial charge in [-0.25, -0.2) is 19.5 Å². The third kappa shape index (κ3) is 5.92. The Bertz CT molecular complexity index is 1320. The van der Waals surface area contributed by atoms with Gasteiger partial charge in [-0.15, -0.1) is 0 Å². The molecule has 0 amide bonds. The van der Waals surface area contributed by atoms with E-state index in [9.17, 15) is 5.26 Å². The van der Waals surface area contributed by atoms with Crippen molar-refractivity contribution in [2.75, 3.05) is 97.1 Å². The molecule has 3 saturated heterocycles. The Balaban J connectivity index is 1.14. The number of piperazine rings is 3. The summed E-state index contributed by atoms with van der Waals surface area (Å²) < 4.78 is 7.95. The van der Waals surface area contributed by atoms with Crippen LogP contribution in [-0.2, 0) is 0 Å². The molecular weight excluding hydrogens is 504 g/mol. The van der Waals surface area contributed by atoms with Crippen molar-refractivity contribution >= 4 is 11.3 Å². The molecule has 1 N–H and O–H groups in total. The molecule has 0 aromatic carbocycles. The van der Waals surface area contributed by atoms with E-state index in [-0.39, 0.29) is 0 Å². The fraction of sp³-hybridized carbons (Fsp3) is 0.552. The summed E-state index contributed by atoms with van der Waals surface area (Å²) in [5.74, 6) is 1.73. The highest BCUT2D eigenvalue weighted by Crippen LogP contribution is 2.31. The third-order valence-corrected chi connectivity index (χ3v) is 8.37. The molecule has 1 atom stereocenters. The Hall–Kier alpha value is -3.27. The van der Waals surface area contributed by atoms with Gasteiger partial charge in [0.05, 0.1) is 23.5 Å². The van der Waals surface area contributed by atoms with Crippen LogP contribution in [0.1, 0.15) is 12.5 Å². The summed E-state index contributed by atoms with van der Waals surface area (Å²) in [5.41, 5.74) is 3.18. The molecule has 11 heteroatoms. The highest BCUT2D eigenvalue weighted by atomic mass is 16.5. The van der Waals surface area contributed by atoms with Gasteiger partial charge < -0.3 is 19.9 Å². The van der Waals surface area contributed by atoms with Crippen molar-refractivity contribution in [3.05, 3.63) is 42.4 Å². The molecule has 0 bridgehead atoms. The quantitative estimate of drug-likeness (QED) is 0.468. The average Bonchev–Trinajstić information content (AvgIpc) is 3.41. The monoisotopic (exact) mass is 544 g/mol. The Morgan fingerprint density at radius 1 is 1.02 bits per heavy atom. The molecule has 3 aromatic heterocycles. The third-order valence-electron chi connectivity index (χ3n) is 8.37. The van der Waals surface area contributed by atoms with Crippen molar-refractivity contribution in [2.24, 2.45) is 0 Å². The largest absolute Gasteiger partial charge is 0.491 e. The normalized spacial score (nSPS) is 22.0. The topological polar surface area (TPSA) is 91.4 Å². The van der Waals surface area contributed by atoms with E-state index >= 15 is 0 Å². The zero-order valence-electron chi connectivity index (χ0n) is 23.7. The van der Waals surface area contributed by atoms with Gasteiger partial charge in [0.25, 0.3) is 0 Å². The lowest BCUT2D eigenvalue weighted by molar-refractivity contribution is -0.0470. The number of likely N-dealkylation sites (N-methyl/N-ethyl adjacent to an activating group) is 1. The number of nitrogens with zero attached hydrogens (tertiary/aromatic N) is 9. The van der Waals surface area contributed by atoms with Gasteiger partial charge in [0.15, 0.2) is 0 Å². The fourth-order valence-corrected chi connectivity index (χ4v) is 5.95. The summed E-state index contributed by atoms with van der Waals surface area (Å²) >= 11 is 0. The predicted molar refractivity (Wildman–Crippen MR) is 155 cm³/mol. The van der Waals surface area contributed by atoms with Gasteiger partial charge in [0.1, 0.15) is 24.2 Å². The van der Waals surface area contributed by atoms with Crippen LogP contribution in [0.4, 0.5) is 5.82 Å². The molecule has 3 aliphatic heterocycles. The molecule has 6 rings (SSSR count). The highest BCUT2D eigenvalue weighted by Gasteiger charge is 2.26. The first-order valence-corrected chi connectivity index (χ1v) is 14.5. The van der Waals surface area contributed by atoms with Crippen molar-refractivity contribution in [1.29, 1.82) is 5.26 Å². The van der Waals surface area contributed by atoms with E-state index in [1.165, 1.54) is 0 Å². The minimum absolute atomic E-state index is 0.533. The number of fused-ring (bicyclic) bond motifs is 1. The number of anilines is 1. The maximum absolute atomic E-state index is 9.74. The average molecular weight is 545 g/mol. The van der Waals surface area contributed by atoms with Crippen LogP contribution >= 0.6 is 0 Å². The predicted octanol–water partition coefficient (Wildman–Crippen LogP) is 1.22. The van der Waals surface area contributed by atoms with Crippen LogP contribution in [0.5, 0.6) is 5.75 Å². The molecule has 3 aliphatic rings. The zero-order valence-corrected chi connectivity index (χ0v) is 23.7. The van der Waals surface area contributed by atoms with Gasteiger partial charge in [0.2, 0.25) is 0 Å². The van der Waals surface area contributed by atoms with Crippen LogP contribution in [0.3, 0.4) is 0 Å². The summed E-state index contributed by atoms with van der Waals surface area (Å²) in [4.78, 5) is 12.0. The fourth-order valence-electron chi connectivity index (χ4n) is 5.95. The molecule has 1 unspecified atom stereocenters. The number of hydrazine groups is 1. The van der Waals surface area contributed by atoms with Crippen molar-refractivity contribution in [1.82, 2.24) is 39.7 Å². The van der Waals surface area contributed by atoms with Crippen molar-refractivity contribution in [2.45, 2.75) is 13.0 Å². The molecule has 0 radical (unpaired) electrons. The number of aromatic nitrogens is 3. The van der Waals surface area contributed by atoms with Gasteiger partial charge in [-0.05, 0) is 32.2 Å². The molecule has 3 aromatic rings. The lowest BCUT2D eigenvalue weighted by Crippen LogP contribution is -2.60. The van der Waals surface area contributed by atoms with E-state index in [0.717, 1.165) is 107 Å². The van der Waals surface area contributed by atoms with Gasteiger partial charge in [-0.1, -0.05) is 0 Å². The summed E-state index contributed by atoms with van der Waals surface area (Å²) in [5, 5.41) is 22.7. The second-order valence-electron chi connectivity index (χ2n) is 11.2. The smallest absolute Gasteiger partial charge is 0.138 e. The lowest BCUT2D eigenvalue weighted by Gasteiger charge is -2.44. The van der Waals surface area contributed by atoms with E-state index in [0.29, 0.717) is 18.2 Å². The molecule has 6 heterocycles. The number of nitriles is 1. The first kappa shape index (κ1) is 26.9. The second-order valence-corrected chi connectivity index (χ2v) is 11.2. The molecule has 11 nitrogen and oxygen atoms in total. The van der Waals surface area contributed by atoms with Crippen LogP contribution in [-0.4, -0.2) is 133 Å². The Morgan fingerprint density at radius 2 is 1.85 bits per heavy atom. The number of nitrogens with one attached hydrogen (secondary N) is 1. The number of pyridine rings is 2. The van der Waals surface area contributed by atoms with Gasteiger partial charge in [0, 0.05) is 102 Å². The summed E-state index contributed by atoms with van der Waals surface area (Å²) in [6.45, 7) is 15.2. The van der Waals surface area contributed by atoms with Crippen molar-refractivity contribution in [3.63, 3.8) is 0 Å². The van der Waals surface area contributed by atoms with Crippen LogP contribution < -0.4 is 15.0 Å². The van der Waals surface area contributed by atoms with Crippen molar-refractivity contribution < 1.29 is 4.74 Å². The number of rotatable bonds is 7. The number of hydrogen-bond donors (Lipinski definition) is 1. The molecule has 212 valence electrons. The van der Waals surface area contributed by atoms with Crippen LogP contribution in [0, 0.1) is 11.3 Å². The van der Waals surface area contributed by atoms with E-state index in [1.807, 2.05) is 18.5 Å². The van der Waals surface area contributed by atoms with Crippen LogP contribution in [0.25, 0.3) is 16.6 Å². The Kier molecular flexibility index (Phi) is 8.13. The maximum Gasteiger partial charge on any atom is 0.138 e. The SMILES string of the molecule is CC1CN(N2CCN(c3ccc(-c4cc(OCCN5CCN(C)CC5)cn5ncc(C#N)c45)cn3)CC2)CCN1. The minimum atomic E-state index is 0.533. The van der Waals surface area contributed by atoms with Crippen molar-refractivity contribution in [3.8, 4) is 22.9 Å². The summed E-state index contributed by atoms with van der Waals surface area (Å²) in [6, 6.07) is 9.04. The molecule has 0 saturated carbocycles. The molecule has 0 aliphatic carbocycles. The molecule has 3 fully saturated rings. The number of hydrogen-bond acceptors (Lipinski definition) is 10. The Labute approximate surface area is 236 Å². The first-order chi connectivity index (χ1) is 19.6. The van der Waals surface area contributed by atoms with E-state index in [2.05, 4.69) is 67.3 Å². The van der Waals surface area contributed by atoms with E-state index < -0.39 is 0 Å². The van der Waals surface area contributed by atoms with Crippen LogP contribution in [0.2, 0.25) is 0 Å².